The first-order valence-electron chi connectivity index (χ1n) is 10.9. The molecular formula is C25H30N4OS. The molecule has 0 saturated carbocycles. The molecule has 1 aliphatic heterocycles. The van der Waals surface area contributed by atoms with Gasteiger partial charge >= 0.3 is 0 Å². The Kier molecular flexibility index (Phi) is 6.68. The summed E-state index contributed by atoms with van der Waals surface area (Å²) in [6.07, 6.45) is 2.99. The molecule has 162 valence electrons. The fourth-order valence-corrected chi connectivity index (χ4v) is 4.85. The van der Waals surface area contributed by atoms with Crippen LogP contribution in [0.5, 0.6) is 0 Å². The maximum Gasteiger partial charge on any atom is 0.270 e. The molecule has 4 rings (SSSR count). The molecule has 0 bridgehead atoms. The van der Waals surface area contributed by atoms with Gasteiger partial charge in [0.1, 0.15) is 5.69 Å². The van der Waals surface area contributed by atoms with E-state index in [4.69, 9.17) is 12.2 Å². The molecule has 0 aliphatic carbocycles. The lowest BCUT2D eigenvalue weighted by Crippen LogP contribution is -2.38. The molecule has 2 aromatic carbocycles. The smallest absolute Gasteiger partial charge is 0.270 e. The number of aromatic nitrogens is 2. The third-order valence-corrected chi connectivity index (χ3v) is 6.15. The van der Waals surface area contributed by atoms with Gasteiger partial charge in [0, 0.05) is 38.1 Å². The number of nitrogens with zero attached hydrogens (tertiary/aromatic N) is 2. The molecule has 5 nitrogen and oxygen atoms in total. The predicted molar refractivity (Wildman–Crippen MR) is 127 cm³/mol. The van der Waals surface area contributed by atoms with E-state index < -0.39 is 0 Å². The molecule has 1 saturated heterocycles. The van der Waals surface area contributed by atoms with Gasteiger partial charge in [-0.3, -0.25) is 14.3 Å². The first kappa shape index (κ1) is 21.5. The monoisotopic (exact) mass is 434 g/mol. The Morgan fingerprint density at radius 2 is 1.68 bits per heavy atom. The van der Waals surface area contributed by atoms with Crippen molar-refractivity contribution in [3.8, 4) is 5.69 Å². The zero-order chi connectivity index (χ0) is 21.8. The van der Waals surface area contributed by atoms with Crippen molar-refractivity contribution in [2.75, 3.05) is 13.1 Å². The summed E-state index contributed by atoms with van der Waals surface area (Å²) in [6, 6.07) is 18.2. The molecule has 1 aromatic heterocycles. The number of hydrogen-bond acceptors (Lipinski definition) is 3. The maximum atomic E-state index is 12.8. The van der Waals surface area contributed by atoms with Crippen LogP contribution in [-0.4, -0.2) is 33.4 Å². The van der Waals surface area contributed by atoms with Gasteiger partial charge in [0.05, 0.1) is 0 Å². The van der Waals surface area contributed by atoms with Crippen molar-refractivity contribution in [3.05, 3.63) is 82.4 Å². The molecule has 2 N–H and O–H groups in total. The average Bonchev–Trinajstić information content (AvgIpc) is 3.14. The fourth-order valence-electron chi connectivity index (χ4n) is 4.58. The van der Waals surface area contributed by atoms with E-state index in [9.17, 15) is 4.79 Å². The van der Waals surface area contributed by atoms with E-state index >= 15 is 0 Å². The number of hydrogen-bond donors (Lipinski definition) is 2. The highest BCUT2D eigenvalue weighted by Crippen LogP contribution is 2.22. The van der Waals surface area contributed by atoms with Gasteiger partial charge in [-0.25, -0.2) is 0 Å². The Morgan fingerprint density at radius 1 is 1.03 bits per heavy atom. The van der Waals surface area contributed by atoms with Crippen LogP contribution in [-0.2, 0) is 13.1 Å². The summed E-state index contributed by atoms with van der Waals surface area (Å²) in [7, 11) is 0. The minimum absolute atomic E-state index is 0.156. The molecule has 2 unspecified atom stereocenters. The summed E-state index contributed by atoms with van der Waals surface area (Å²) in [6.45, 7) is 8.49. The number of benzene rings is 2. The van der Waals surface area contributed by atoms with Crippen molar-refractivity contribution < 1.29 is 4.79 Å². The van der Waals surface area contributed by atoms with Crippen molar-refractivity contribution in [2.45, 2.75) is 33.4 Å². The van der Waals surface area contributed by atoms with Crippen LogP contribution in [0.3, 0.4) is 0 Å². The fraction of sp³-hybridized carbons (Fsp3) is 0.360. The second-order valence-corrected chi connectivity index (χ2v) is 9.18. The first-order valence-corrected chi connectivity index (χ1v) is 11.3. The normalized spacial score (nSPS) is 19.3. The number of imidazole rings is 1. The third-order valence-electron chi connectivity index (χ3n) is 5.85. The molecule has 3 aromatic rings. The summed E-state index contributed by atoms with van der Waals surface area (Å²) in [5.41, 5.74) is 3.77. The zero-order valence-corrected chi connectivity index (χ0v) is 19.0. The molecule has 1 aliphatic rings. The topological polar surface area (TPSA) is 53.1 Å². The molecule has 6 heteroatoms. The van der Waals surface area contributed by atoms with Crippen molar-refractivity contribution in [2.24, 2.45) is 11.8 Å². The second kappa shape index (κ2) is 9.62. The quantitative estimate of drug-likeness (QED) is 0.540. The standard InChI is InChI=1S/C25H30N4OS/c1-18-12-19(2)16-28(15-18)17-21-10-8-20(9-11-21)13-26-24(30)23-14-27-25(31)29(23)22-6-4-3-5-7-22/h3-11,14,18-19H,12-13,15-17H2,1-2H3,(H,26,30)(H,27,31). The van der Waals surface area contributed by atoms with Crippen molar-refractivity contribution >= 4 is 18.1 Å². The highest BCUT2D eigenvalue weighted by molar-refractivity contribution is 7.71. The zero-order valence-electron chi connectivity index (χ0n) is 18.2. The van der Waals surface area contributed by atoms with Crippen molar-refractivity contribution in [1.29, 1.82) is 0 Å². The average molecular weight is 435 g/mol. The Labute approximate surface area is 189 Å². The van der Waals surface area contributed by atoms with E-state index in [1.165, 1.54) is 25.1 Å². The molecule has 1 fully saturated rings. The largest absolute Gasteiger partial charge is 0.347 e. The van der Waals surface area contributed by atoms with Crippen LogP contribution in [0.15, 0.2) is 60.8 Å². The van der Waals surface area contributed by atoms with Crippen LogP contribution in [0.4, 0.5) is 0 Å². The molecule has 2 heterocycles. The lowest BCUT2D eigenvalue weighted by molar-refractivity contribution is 0.0944. The van der Waals surface area contributed by atoms with Crippen LogP contribution in [0.25, 0.3) is 5.69 Å². The molecule has 2 atom stereocenters. The van der Waals surface area contributed by atoms with Gasteiger partial charge in [-0.2, -0.15) is 0 Å². The SMILES string of the molecule is CC1CC(C)CN(Cc2ccc(CNC(=O)c3c[nH]c(=S)n3-c3ccccc3)cc2)C1. The minimum Gasteiger partial charge on any atom is -0.347 e. The highest BCUT2D eigenvalue weighted by Gasteiger charge is 2.21. The number of rotatable bonds is 6. The lowest BCUT2D eigenvalue weighted by atomic mass is 9.91. The number of amides is 1. The van der Waals surface area contributed by atoms with E-state index in [0.29, 0.717) is 17.0 Å². The van der Waals surface area contributed by atoms with Crippen LogP contribution in [0.2, 0.25) is 0 Å². The minimum atomic E-state index is -0.156. The number of carbonyl (C=O) groups is 1. The number of carbonyl (C=O) groups excluding carboxylic acids is 1. The molecule has 1 amide bonds. The predicted octanol–water partition coefficient (Wildman–Crippen LogP) is 4.94. The van der Waals surface area contributed by atoms with Crippen LogP contribution >= 0.6 is 12.2 Å². The number of piperidine rings is 1. The third kappa shape index (κ3) is 5.32. The number of nitrogens with one attached hydrogen (secondary N) is 2. The van der Waals surface area contributed by atoms with Gasteiger partial charge in [-0.15, -0.1) is 0 Å². The summed E-state index contributed by atoms with van der Waals surface area (Å²) in [4.78, 5) is 18.3. The van der Waals surface area contributed by atoms with E-state index in [0.717, 1.165) is 29.6 Å². The second-order valence-electron chi connectivity index (χ2n) is 8.79. The van der Waals surface area contributed by atoms with Crippen LogP contribution < -0.4 is 5.32 Å². The van der Waals surface area contributed by atoms with Gasteiger partial charge in [-0.1, -0.05) is 56.3 Å². The summed E-state index contributed by atoms with van der Waals surface area (Å²) < 4.78 is 2.26. The van der Waals surface area contributed by atoms with Gasteiger partial charge in [0.15, 0.2) is 4.77 Å². The maximum absolute atomic E-state index is 12.8. The van der Waals surface area contributed by atoms with Crippen LogP contribution in [0, 0.1) is 16.6 Å². The van der Waals surface area contributed by atoms with Crippen molar-refractivity contribution in [3.63, 3.8) is 0 Å². The van der Waals surface area contributed by atoms with Gasteiger partial charge < -0.3 is 10.3 Å². The van der Waals surface area contributed by atoms with E-state index in [1.807, 2.05) is 30.3 Å². The summed E-state index contributed by atoms with van der Waals surface area (Å²) in [5.74, 6) is 1.37. The van der Waals surface area contributed by atoms with Crippen molar-refractivity contribution in [1.82, 2.24) is 19.8 Å². The van der Waals surface area contributed by atoms with E-state index in [-0.39, 0.29) is 5.91 Å². The Bertz CT molecular complexity index is 1060. The van der Waals surface area contributed by atoms with E-state index in [2.05, 4.69) is 53.3 Å². The Balaban J connectivity index is 1.37. The number of likely N-dealkylation sites (tertiary alicyclic amines) is 1. The molecule has 0 radical (unpaired) electrons. The summed E-state index contributed by atoms with van der Waals surface area (Å²) in [5, 5.41) is 3.01. The molecular weight excluding hydrogens is 404 g/mol. The Hall–Kier alpha value is -2.70. The van der Waals surface area contributed by atoms with Gasteiger partial charge in [-0.05, 0) is 53.7 Å². The van der Waals surface area contributed by atoms with Gasteiger partial charge in [0.25, 0.3) is 5.91 Å². The van der Waals surface area contributed by atoms with Gasteiger partial charge in [0.2, 0.25) is 0 Å². The van der Waals surface area contributed by atoms with Crippen LogP contribution in [0.1, 0.15) is 41.9 Å². The number of aromatic amines is 1. The number of H-pyrrole nitrogens is 1. The Morgan fingerprint density at radius 3 is 2.35 bits per heavy atom. The molecule has 31 heavy (non-hydrogen) atoms. The first-order chi connectivity index (χ1) is 15.0. The molecule has 0 spiro atoms. The summed E-state index contributed by atoms with van der Waals surface area (Å²) >= 11 is 5.37. The van der Waals surface area contributed by atoms with E-state index in [1.54, 1.807) is 10.8 Å². The highest BCUT2D eigenvalue weighted by atomic mass is 32.1. The lowest BCUT2D eigenvalue weighted by Gasteiger charge is -2.35. The number of para-hydroxylation sites is 1.